The van der Waals surface area contributed by atoms with Crippen molar-refractivity contribution in [1.82, 2.24) is 9.80 Å². The summed E-state index contributed by atoms with van der Waals surface area (Å²) in [5.41, 5.74) is 1.25. The lowest BCUT2D eigenvalue weighted by molar-refractivity contribution is 0.0156. The standard InChI is InChI=1S/C19H27BrN2O3/c1-13-6-7-16(20)15(12-13)17(23)22-10-8-14(9-11-22)21(5)18(24)25-19(2,3)4/h6-7,12,14H,8-11H2,1-5H3. The summed E-state index contributed by atoms with van der Waals surface area (Å²) in [5.74, 6) is 0.0361. The Morgan fingerprint density at radius 3 is 2.40 bits per heavy atom. The first-order valence-electron chi connectivity index (χ1n) is 8.60. The molecule has 0 bridgehead atoms. The zero-order valence-electron chi connectivity index (χ0n) is 15.6. The zero-order chi connectivity index (χ0) is 18.8. The van der Waals surface area contributed by atoms with Crippen LogP contribution in [0.3, 0.4) is 0 Å². The van der Waals surface area contributed by atoms with E-state index in [1.807, 2.05) is 50.8 Å². The van der Waals surface area contributed by atoms with Crippen molar-refractivity contribution in [1.29, 1.82) is 0 Å². The number of piperidine rings is 1. The van der Waals surface area contributed by atoms with E-state index in [1.54, 1.807) is 11.9 Å². The highest BCUT2D eigenvalue weighted by atomic mass is 79.9. The van der Waals surface area contributed by atoms with Gasteiger partial charge in [-0.2, -0.15) is 0 Å². The fourth-order valence-electron chi connectivity index (χ4n) is 2.91. The van der Waals surface area contributed by atoms with E-state index in [0.29, 0.717) is 18.7 Å². The third-order valence-electron chi connectivity index (χ3n) is 4.33. The van der Waals surface area contributed by atoms with Crippen molar-refractivity contribution in [3.05, 3.63) is 33.8 Å². The molecule has 1 aromatic rings. The minimum atomic E-state index is -0.501. The first kappa shape index (κ1) is 19.8. The van der Waals surface area contributed by atoms with E-state index in [0.717, 1.165) is 22.9 Å². The van der Waals surface area contributed by atoms with Crippen LogP contribution in [0, 0.1) is 6.92 Å². The molecule has 0 atom stereocenters. The predicted octanol–water partition coefficient (Wildman–Crippen LogP) is 4.23. The van der Waals surface area contributed by atoms with Gasteiger partial charge in [-0.25, -0.2) is 4.79 Å². The Morgan fingerprint density at radius 1 is 1.24 bits per heavy atom. The summed E-state index contributed by atoms with van der Waals surface area (Å²) in [7, 11) is 1.77. The molecule has 0 unspecified atom stereocenters. The molecule has 0 N–H and O–H groups in total. The molecular weight excluding hydrogens is 384 g/mol. The first-order valence-corrected chi connectivity index (χ1v) is 9.39. The van der Waals surface area contributed by atoms with Gasteiger partial charge < -0.3 is 14.5 Å². The second kappa shape index (κ2) is 7.77. The summed E-state index contributed by atoms with van der Waals surface area (Å²) in [5, 5.41) is 0. The molecule has 138 valence electrons. The van der Waals surface area contributed by atoms with Gasteiger partial charge >= 0.3 is 6.09 Å². The quantitative estimate of drug-likeness (QED) is 0.732. The lowest BCUT2D eigenvalue weighted by Gasteiger charge is -2.37. The lowest BCUT2D eigenvalue weighted by Crippen LogP contribution is -2.48. The second-order valence-electron chi connectivity index (χ2n) is 7.60. The van der Waals surface area contributed by atoms with Crippen LogP contribution in [0.1, 0.15) is 49.5 Å². The molecule has 1 heterocycles. The smallest absolute Gasteiger partial charge is 0.410 e. The molecule has 0 radical (unpaired) electrons. The van der Waals surface area contributed by atoms with E-state index >= 15 is 0 Å². The minimum absolute atomic E-state index is 0.0361. The Balaban J connectivity index is 1.96. The van der Waals surface area contributed by atoms with Gasteiger partial charge in [-0.05, 0) is 68.6 Å². The highest BCUT2D eigenvalue weighted by Gasteiger charge is 2.30. The maximum atomic E-state index is 12.8. The number of halogens is 1. The largest absolute Gasteiger partial charge is 0.444 e. The summed E-state index contributed by atoms with van der Waals surface area (Å²) in [6.07, 6.45) is 1.20. The van der Waals surface area contributed by atoms with Crippen molar-refractivity contribution in [2.24, 2.45) is 0 Å². The zero-order valence-corrected chi connectivity index (χ0v) is 17.2. The van der Waals surface area contributed by atoms with Gasteiger partial charge in [-0.3, -0.25) is 4.79 Å². The van der Waals surface area contributed by atoms with Gasteiger partial charge in [0.15, 0.2) is 0 Å². The normalized spacial score (nSPS) is 15.8. The maximum absolute atomic E-state index is 12.8. The predicted molar refractivity (Wildman–Crippen MR) is 102 cm³/mol. The molecule has 0 spiro atoms. The monoisotopic (exact) mass is 410 g/mol. The van der Waals surface area contributed by atoms with Crippen LogP contribution in [-0.2, 0) is 4.74 Å². The number of hydrogen-bond donors (Lipinski definition) is 0. The van der Waals surface area contributed by atoms with Crippen LogP contribution < -0.4 is 0 Å². The van der Waals surface area contributed by atoms with Gasteiger partial charge in [0.2, 0.25) is 0 Å². The Morgan fingerprint density at radius 2 is 1.84 bits per heavy atom. The van der Waals surface area contributed by atoms with Crippen LogP contribution in [-0.4, -0.2) is 53.6 Å². The summed E-state index contributed by atoms with van der Waals surface area (Å²) in [4.78, 5) is 28.5. The highest BCUT2D eigenvalue weighted by molar-refractivity contribution is 9.10. The van der Waals surface area contributed by atoms with Gasteiger partial charge in [0.1, 0.15) is 5.60 Å². The van der Waals surface area contributed by atoms with Gasteiger partial charge in [0, 0.05) is 30.7 Å². The van der Waals surface area contributed by atoms with Crippen molar-refractivity contribution in [2.75, 3.05) is 20.1 Å². The molecule has 1 fully saturated rings. The van der Waals surface area contributed by atoms with Gasteiger partial charge in [0.05, 0.1) is 5.56 Å². The summed E-state index contributed by atoms with van der Waals surface area (Å²) in [6.45, 7) is 8.83. The molecule has 5 nitrogen and oxygen atoms in total. The van der Waals surface area contributed by atoms with Crippen molar-refractivity contribution in [3.8, 4) is 0 Å². The molecule has 0 aliphatic carbocycles. The van der Waals surface area contributed by atoms with E-state index in [-0.39, 0.29) is 18.0 Å². The van der Waals surface area contributed by atoms with Crippen LogP contribution in [0.4, 0.5) is 4.79 Å². The van der Waals surface area contributed by atoms with E-state index in [1.165, 1.54) is 0 Å². The number of amides is 2. The molecule has 1 aliphatic heterocycles. The van der Waals surface area contributed by atoms with Crippen molar-refractivity contribution < 1.29 is 14.3 Å². The molecule has 2 amide bonds. The molecule has 1 aromatic carbocycles. The van der Waals surface area contributed by atoms with Crippen LogP contribution in [0.5, 0.6) is 0 Å². The van der Waals surface area contributed by atoms with Crippen LogP contribution >= 0.6 is 15.9 Å². The number of nitrogens with zero attached hydrogens (tertiary/aromatic N) is 2. The SMILES string of the molecule is Cc1ccc(Br)c(C(=O)N2CCC(N(C)C(=O)OC(C)(C)C)CC2)c1. The topological polar surface area (TPSA) is 49.9 Å². The van der Waals surface area contributed by atoms with Crippen LogP contribution in [0.25, 0.3) is 0 Å². The van der Waals surface area contributed by atoms with E-state index in [9.17, 15) is 9.59 Å². The lowest BCUT2D eigenvalue weighted by atomic mass is 10.0. The summed E-state index contributed by atoms with van der Waals surface area (Å²) < 4.78 is 6.24. The van der Waals surface area contributed by atoms with Gasteiger partial charge in [-0.15, -0.1) is 0 Å². The third kappa shape index (κ3) is 5.21. The summed E-state index contributed by atoms with van der Waals surface area (Å²) >= 11 is 3.46. The average Bonchev–Trinajstić information content (AvgIpc) is 2.54. The molecule has 0 saturated carbocycles. The van der Waals surface area contributed by atoms with Crippen LogP contribution in [0.2, 0.25) is 0 Å². The number of carbonyl (C=O) groups excluding carboxylic acids is 2. The Bertz CT molecular complexity index is 647. The van der Waals surface area contributed by atoms with Gasteiger partial charge in [0.25, 0.3) is 5.91 Å². The van der Waals surface area contributed by atoms with E-state index in [4.69, 9.17) is 4.74 Å². The van der Waals surface area contributed by atoms with Gasteiger partial charge in [-0.1, -0.05) is 11.6 Å². The first-order chi connectivity index (χ1) is 11.6. The molecular formula is C19H27BrN2O3. The van der Waals surface area contributed by atoms with Crippen LogP contribution in [0.15, 0.2) is 22.7 Å². The number of ether oxygens (including phenoxy) is 1. The Labute approximate surface area is 158 Å². The third-order valence-corrected chi connectivity index (χ3v) is 5.02. The van der Waals surface area contributed by atoms with Crippen molar-refractivity contribution in [2.45, 2.75) is 52.2 Å². The van der Waals surface area contributed by atoms with E-state index in [2.05, 4.69) is 15.9 Å². The van der Waals surface area contributed by atoms with Crippen molar-refractivity contribution >= 4 is 27.9 Å². The molecule has 6 heteroatoms. The second-order valence-corrected chi connectivity index (χ2v) is 8.45. The molecule has 0 aromatic heterocycles. The minimum Gasteiger partial charge on any atom is -0.444 e. The molecule has 1 aliphatic rings. The number of hydrogen-bond acceptors (Lipinski definition) is 3. The van der Waals surface area contributed by atoms with Crippen molar-refractivity contribution in [3.63, 3.8) is 0 Å². The summed E-state index contributed by atoms with van der Waals surface area (Å²) in [6, 6.07) is 5.89. The Kier molecular flexibility index (Phi) is 6.14. The molecule has 25 heavy (non-hydrogen) atoms. The number of likely N-dealkylation sites (tertiary alicyclic amines) is 1. The van der Waals surface area contributed by atoms with E-state index < -0.39 is 5.60 Å². The number of aryl methyl sites for hydroxylation is 1. The fraction of sp³-hybridized carbons (Fsp3) is 0.579. The molecule has 1 saturated heterocycles. The maximum Gasteiger partial charge on any atom is 0.410 e. The average molecular weight is 411 g/mol. The number of benzene rings is 1. The molecule has 2 rings (SSSR count). The highest BCUT2D eigenvalue weighted by Crippen LogP contribution is 2.23. The Hall–Kier alpha value is -1.56. The number of carbonyl (C=O) groups is 2. The fourth-order valence-corrected chi connectivity index (χ4v) is 3.33. The number of rotatable bonds is 2.